The van der Waals surface area contributed by atoms with E-state index >= 15 is 8.78 Å². The van der Waals surface area contributed by atoms with Crippen molar-refractivity contribution in [2.75, 3.05) is 22.2 Å². The number of para-hydroxylation sites is 1. The van der Waals surface area contributed by atoms with E-state index in [0.717, 1.165) is 10.6 Å². The van der Waals surface area contributed by atoms with Gasteiger partial charge in [-0.15, -0.1) is 23.2 Å². The van der Waals surface area contributed by atoms with Crippen LogP contribution in [0.25, 0.3) is 0 Å². The Morgan fingerprint density at radius 1 is 0.804 bits per heavy atom. The lowest BCUT2D eigenvalue weighted by Gasteiger charge is -2.50. The highest BCUT2D eigenvalue weighted by atomic mass is 127. The number of imide groups is 2. The monoisotopic (exact) mass is 923 g/mol. The Hall–Kier alpha value is -4.74. The van der Waals surface area contributed by atoms with Crippen molar-refractivity contribution in [2.45, 2.75) is 28.5 Å². The molecule has 288 valence electrons. The minimum absolute atomic E-state index is 0.0419. The average molecular weight is 924 g/mol. The molecule has 4 aromatic carbocycles. The van der Waals surface area contributed by atoms with Crippen LogP contribution in [0.2, 0.25) is 0 Å². The molecule has 56 heavy (non-hydrogen) atoms. The number of alkyl halides is 2. The lowest BCUT2D eigenvalue weighted by atomic mass is 9.56. The van der Waals surface area contributed by atoms with Gasteiger partial charge >= 0.3 is 0 Å². The molecule has 2 heterocycles. The van der Waals surface area contributed by atoms with Crippen LogP contribution >= 0.6 is 45.8 Å². The zero-order valence-corrected chi connectivity index (χ0v) is 32.2. The van der Waals surface area contributed by atoms with Crippen molar-refractivity contribution in [2.24, 2.45) is 17.8 Å². The molecule has 4 aromatic rings. The number of rotatable bonds is 6. The molecule has 0 radical (unpaired) electrons. The minimum Gasteiger partial charge on any atom is -0.504 e. The quantitative estimate of drug-likeness (QED) is 0.0381. The highest BCUT2D eigenvalue weighted by Crippen LogP contribution is 2.66. The van der Waals surface area contributed by atoms with Crippen molar-refractivity contribution in [1.82, 2.24) is 0 Å². The first-order chi connectivity index (χ1) is 26.6. The summed E-state index contributed by atoms with van der Waals surface area (Å²) >= 11 is 16.2. The Kier molecular flexibility index (Phi) is 9.16. The van der Waals surface area contributed by atoms with Gasteiger partial charge in [0.2, 0.25) is 17.6 Å². The van der Waals surface area contributed by atoms with Crippen LogP contribution in [0.3, 0.4) is 0 Å². The Morgan fingerprint density at radius 2 is 1.41 bits per heavy atom. The SMILES string of the molecule is COc1cc([C@H]2C3=CC[C@@H]4C(=O)N(c5ccc(Nc6ccccc6)cc5)C(=O)[C@@H]4[C@@H]3C[C@@]3(Cl)C(=O)N(c4c(F)c(F)c(F)c(F)c4F)C(=O)[C@@]23Cl)cc(I)c1O. The van der Waals surface area contributed by atoms with Gasteiger partial charge in [-0.1, -0.05) is 29.8 Å². The van der Waals surface area contributed by atoms with E-state index in [2.05, 4.69) is 5.32 Å². The van der Waals surface area contributed by atoms with Crippen molar-refractivity contribution in [3.05, 3.63) is 117 Å². The lowest BCUT2D eigenvalue weighted by Crippen LogP contribution is -2.60. The highest BCUT2D eigenvalue weighted by Gasteiger charge is 2.77. The Bertz CT molecular complexity index is 2410. The van der Waals surface area contributed by atoms with E-state index in [1.54, 1.807) is 52.9 Å². The number of halogens is 8. The van der Waals surface area contributed by atoms with Crippen molar-refractivity contribution in [3.63, 3.8) is 0 Å². The predicted molar refractivity (Wildman–Crippen MR) is 202 cm³/mol. The third-order valence-electron chi connectivity index (χ3n) is 11.0. The van der Waals surface area contributed by atoms with Gasteiger partial charge in [0.15, 0.2) is 44.5 Å². The van der Waals surface area contributed by atoms with E-state index in [1.807, 2.05) is 30.3 Å². The normalized spacial score (nSPS) is 26.9. The fraction of sp³-hybridized carbons (Fsp3) is 0.231. The second-order valence-corrected chi connectivity index (χ2v) is 16.2. The van der Waals surface area contributed by atoms with E-state index in [-0.39, 0.29) is 43.2 Å². The number of benzene rings is 4. The minimum atomic E-state index is -2.72. The number of hydrogen-bond donors (Lipinski definition) is 2. The van der Waals surface area contributed by atoms with E-state index in [4.69, 9.17) is 27.9 Å². The molecule has 0 spiro atoms. The molecule has 0 bridgehead atoms. The summed E-state index contributed by atoms with van der Waals surface area (Å²) in [5, 5.41) is 13.9. The molecule has 0 aromatic heterocycles. The van der Waals surface area contributed by atoms with E-state index in [9.17, 15) is 37.5 Å². The predicted octanol–water partition coefficient (Wildman–Crippen LogP) is 8.21. The summed E-state index contributed by atoms with van der Waals surface area (Å²) in [6.07, 6.45) is 0.889. The average Bonchev–Trinajstić information content (AvgIpc) is 3.52. The maximum absolute atomic E-state index is 15.3. The summed E-state index contributed by atoms with van der Waals surface area (Å²) in [5.41, 5.74) is 0.188. The number of allylic oxidation sites excluding steroid dienone is 2. The number of carbonyl (C=O) groups excluding carboxylic acids is 4. The molecule has 4 aliphatic rings. The Labute approximate surface area is 338 Å². The van der Waals surface area contributed by atoms with Gasteiger partial charge < -0.3 is 15.2 Å². The molecule has 2 aliphatic carbocycles. The molecule has 1 saturated carbocycles. The van der Waals surface area contributed by atoms with Gasteiger partial charge in [-0.05, 0) is 95.4 Å². The standard InChI is InChI=1S/C39H25Cl2F5IN3O6/c1-56-24-14-16(13-23(47)33(24)51)26-20-11-12-21-25(35(53)49(34(21)52)19-9-7-18(8-10-19)48-17-5-3-2-4-6-17)22(20)15-38(40)36(54)50(37(55)39(26,38)41)32-30(45)28(43)27(42)29(44)31(32)46/h2-11,13-14,21-22,25-26,48,51H,12,15H2,1H3/t21-,22+,25-,26-,38+,39-/m0/s1. The summed E-state index contributed by atoms with van der Waals surface area (Å²) in [5.74, 6) is -22.0. The molecule has 4 amide bonds. The van der Waals surface area contributed by atoms with Gasteiger partial charge in [-0.25, -0.2) is 26.9 Å². The third kappa shape index (κ3) is 5.22. The van der Waals surface area contributed by atoms with E-state index in [1.165, 1.54) is 19.2 Å². The summed E-state index contributed by atoms with van der Waals surface area (Å²) in [6.45, 7) is 0. The van der Waals surface area contributed by atoms with Gasteiger partial charge in [0.25, 0.3) is 11.8 Å². The van der Waals surface area contributed by atoms with Crippen molar-refractivity contribution in [1.29, 1.82) is 0 Å². The van der Waals surface area contributed by atoms with Crippen molar-refractivity contribution in [3.8, 4) is 11.5 Å². The second-order valence-electron chi connectivity index (χ2n) is 13.8. The van der Waals surface area contributed by atoms with Gasteiger partial charge in [0.1, 0.15) is 5.69 Å². The van der Waals surface area contributed by atoms with Crippen LogP contribution < -0.4 is 19.9 Å². The summed E-state index contributed by atoms with van der Waals surface area (Å²) < 4.78 is 79.4. The maximum atomic E-state index is 15.3. The number of phenolic OH excluding ortho intramolecular Hbond substituents is 1. The number of phenols is 1. The number of fused-ring (bicyclic) bond motifs is 4. The molecule has 3 fully saturated rings. The number of nitrogens with one attached hydrogen (secondary N) is 1. The zero-order valence-electron chi connectivity index (χ0n) is 28.6. The van der Waals surface area contributed by atoms with Gasteiger partial charge in [0.05, 0.1) is 28.2 Å². The van der Waals surface area contributed by atoms with Crippen LogP contribution in [0.1, 0.15) is 24.3 Å². The summed E-state index contributed by atoms with van der Waals surface area (Å²) in [7, 11) is 1.24. The van der Waals surface area contributed by atoms with Gasteiger partial charge in [0, 0.05) is 17.3 Å². The summed E-state index contributed by atoms with van der Waals surface area (Å²) in [4.78, 5) is 52.9. The first-order valence-corrected chi connectivity index (χ1v) is 18.7. The van der Waals surface area contributed by atoms with Crippen molar-refractivity contribution < 1.29 is 51.0 Å². The van der Waals surface area contributed by atoms with Crippen LogP contribution in [-0.2, 0) is 19.2 Å². The lowest BCUT2D eigenvalue weighted by molar-refractivity contribution is -0.125. The number of hydrogen-bond acceptors (Lipinski definition) is 7. The molecule has 2 aliphatic heterocycles. The fourth-order valence-corrected chi connectivity index (χ4v) is 10.1. The molecule has 2 N–H and O–H groups in total. The van der Waals surface area contributed by atoms with E-state index in [0.29, 0.717) is 5.69 Å². The molecular formula is C39H25Cl2F5IN3O6. The zero-order chi connectivity index (χ0) is 40.2. The fourth-order valence-electron chi connectivity index (χ4n) is 8.49. The highest BCUT2D eigenvalue weighted by molar-refractivity contribution is 14.1. The number of ether oxygens (including phenoxy) is 1. The molecule has 9 nitrogen and oxygen atoms in total. The Balaban J connectivity index is 1.25. The van der Waals surface area contributed by atoms with Gasteiger partial charge in [-0.2, -0.15) is 0 Å². The molecule has 0 unspecified atom stereocenters. The molecule has 17 heteroatoms. The second kappa shape index (κ2) is 13.4. The molecular weight excluding hydrogens is 899 g/mol. The Morgan fingerprint density at radius 3 is 2.04 bits per heavy atom. The number of amides is 4. The smallest absolute Gasteiger partial charge is 0.258 e. The molecule has 8 rings (SSSR count). The largest absolute Gasteiger partial charge is 0.504 e. The van der Waals surface area contributed by atoms with Crippen LogP contribution in [0.5, 0.6) is 11.5 Å². The number of anilines is 4. The third-order valence-corrected chi connectivity index (χ3v) is 13.2. The van der Waals surface area contributed by atoms with Crippen LogP contribution in [0.4, 0.5) is 44.7 Å². The van der Waals surface area contributed by atoms with Gasteiger partial charge in [-0.3, -0.25) is 24.1 Å². The number of aromatic hydroxyl groups is 1. The molecule has 2 saturated heterocycles. The van der Waals surface area contributed by atoms with Crippen LogP contribution in [-0.4, -0.2) is 45.6 Å². The number of nitrogens with zero attached hydrogens (tertiary/aromatic N) is 2. The van der Waals surface area contributed by atoms with Crippen LogP contribution in [0.15, 0.2) is 78.4 Å². The van der Waals surface area contributed by atoms with E-state index < -0.39 is 98.2 Å². The first kappa shape index (κ1) is 38.1. The number of carbonyl (C=O) groups is 4. The topological polar surface area (TPSA) is 116 Å². The van der Waals surface area contributed by atoms with Crippen molar-refractivity contribution >= 4 is 92.2 Å². The molecule has 6 atom stereocenters. The summed E-state index contributed by atoms with van der Waals surface area (Å²) in [6, 6.07) is 18.5. The maximum Gasteiger partial charge on any atom is 0.258 e. The number of methoxy groups -OCH3 is 1. The van der Waals surface area contributed by atoms with Crippen LogP contribution in [0, 0.1) is 50.4 Å². The first-order valence-electron chi connectivity index (χ1n) is 16.9.